The fourth-order valence-electron chi connectivity index (χ4n) is 2.22. The van der Waals surface area contributed by atoms with Gasteiger partial charge in [0.15, 0.2) is 0 Å². The lowest BCUT2D eigenvalue weighted by Gasteiger charge is -2.16. The molecule has 0 heterocycles. The van der Waals surface area contributed by atoms with Crippen LogP contribution in [0.25, 0.3) is 0 Å². The Morgan fingerprint density at radius 3 is 2.69 bits per heavy atom. The molecule has 0 saturated heterocycles. The zero-order valence-corrected chi connectivity index (χ0v) is 8.83. The molecular weight excluding hydrogens is 164 g/mol. The molecule has 0 amide bonds. The van der Waals surface area contributed by atoms with Gasteiger partial charge in [-0.05, 0) is 44.4 Å². The van der Waals surface area contributed by atoms with Crippen LogP contribution in [0.2, 0.25) is 0 Å². The molecule has 0 bridgehead atoms. The molecule has 0 aliphatic heterocycles. The van der Waals surface area contributed by atoms with Crippen molar-refractivity contribution in [2.24, 2.45) is 11.8 Å². The molecule has 2 heteroatoms. The summed E-state index contributed by atoms with van der Waals surface area (Å²) in [5, 5.41) is 9.54. The van der Waals surface area contributed by atoms with Gasteiger partial charge in [-0.2, -0.15) is 0 Å². The van der Waals surface area contributed by atoms with Gasteiger partial charge in [0.25, 0.3) is 0 Å². The van der Waals surface area contributed by atoms with E-state index in [9.17, 15) is 5.11 Å². The number of aliphatic hydroxyl groups is 1. The van der Waals surface area contributed by atoms with Crippen LogP contribution in [0.3, 0.4) is 0 Å². The Balaban J connectivity index is 2.08. The summed E-state index contributed by atoms with van der Waals surface area (Å²) in [4.78, 5) is 0. The van der Waals surface area contributed by atoms with Crippen LogP contribution in [0, 0.1) is 11.8 Å². The quantitative estimate of drug-likeness (QED) is 0.667. The molecule has 0 aromatic carbocycles. The third kappa shape index (κ3) is 3.28. The lowest BCUT2D eigenvalue weighted by molar-refractivity contribution is 0.115. The van der Waals surface area contributed by atoms with Gasteiger partial charge in [0.05, 0.1) is 6.10 Å². The average Bonchev–Trinajstić information content (AvgIpc) is 2.43. The summed E-state index contributed by atoms with van der Waals surface area (Å²) in [7, 11) is 0. The lowest BCUT2D eigenvalue weighted by Crippen LogP contribution is -2.15. The standard InChI is InChI=1S/C11H22O2/c1-3-13-8-4-5-10-6-7-11(12)9(10)2/h9-12H,3-8H2,1-2H3. The highest BCUT2D eigenvalue weighted by Gasteiger charge is 2.30. The van der Waals surface area contributed by atoms with Crippen molar-refractivity contribution in [1.82, 2.24) is 0 Å². The van der Waals surface area contributed by atoms with Gasteiger partial charge in [-0.3, -0.25) is 0 Å². The first-order valence-corrected chi connectivity index (χ1v) is 5.51. The minimum Gasteiger partial charge on any atom is -0.393 e. The molecule has 3 atom stereocenters. The highest BCUT2D eigenvalue weighted by atomic mass is 16.5. The van der Waals surface area contributed by atoms with E-state index < -0.39 is 0 Å². The van der Waals surface area contributed by atoms with E-state index in [1.165, 1.54) is 12.8 Å². The first-order chi connectivity index (χ1) is 6.25. The van der Waals surface area contributed by atoms with Crippen molar-refractivity contribution in [3.8, 4) is 0 Å². The molecule has 3 unspecified atom stereocenters. The minimum atomic E-state index is -0.0444. The Morgan fingerprint density at radius 2 is 2.15 bits per heavy atom. The minimum absolute atomic E-state index is 0.0444. The third-order valence-corrected chi connectivity index (χ3v) is 3.25. The topological polar surface area (TPSA) is 29.5 Å². The predicted octanol–water partition coefficient (Wildman–Crippen LogP) is 2.21. The second-order valence-corrected chi connectivity index (χ2v) is 4.10. The van der Waals surface area contributed by atoms with Crippen molar-refractivity contribution in [3.05, 3.63) is 0 Å². The molecule has 13 heavy (non-hydrogen) atoms. The second-order valence-electron chi connectivity index (χ2n) is 4.10. The van der Waals surface area contributed by atoms with Crippen molar-refractivity contribution in [2.75, 3.05) is 13.2 Å². The maximum Gasteiger partial charge on any atom is 0.0568 e. The van der Waals surface area contributed by atoms with Crippen LogP contribution in [0.5, 0.6) is 0 Å². The van der Waals surface area contributed by atoms with E-state index in [1.54, 1.807) is 0 Å². The van der Waals surface area contributed by atoms with E-state index in [-0.39, 0.29) is 6.10 Å². The van der Waals surface area contributed by atoms with Crippen LogP contribution >= 0.6 is 0 Å². The SMILES string of the molecule is CCOCCCC1CCC(O)C1C. The fraction of sp³-hybridized carbons (Fsp3) is 1.00. The van der Waals surface area contributed by atoms with Gasteiger partial charge < -0.3 is 9.84 Å². The van der Waals surface area contributed by atoms with Gasteiger partial charge in [-0.25, -0.2) is 0 Å². The van der Waals surface area contributed by atoms with Crippen molar-refractivity contribution >= 4 is 0 Å². The maximum atomic E-state index is 9.54. The molecule has 1 rings (SSSR count). The zero-order chi connectivity index (χ0) is 9.68. The van der Waals surface area contributed by atoms with Gasteiger partial charge in [-0.1, -0.05) is 6.92 Å². The predicted molar refractivity (Wildman–Crippen MR) is 53.6 cm³/mol. The van der Waals surface area contributed by atoms with Gasteiger partial charge in [0.1, 0.15) is 0 Å². The molecule has 1 aliphatic carbocycles. The summed E-state index contributed by atoms with van der Waals surface area (Å²) >= 11 is 0. The molecule has 0 radical (unpaired) electrons. The average molecular weight is 186 g/mol. The van der Waals surface area contributed by atoms with Gasteiger partial charge in [-0.15, -0.1) is 0 Å². The van der Waals surface area contributed by atoms with Crippen molar-refractivity contribution in [3.63, 3.8) is 0 Å². The summed E-state index contributed by atoms with van der Waals surface area (Å²) in [5.41, 5.74) is 0. The molecule has 0 aromatic rings. The largest absolute Gasteiger partial charge is 0.393 e. The molecule has 1 N–H and O–H groups in total. The van der Waals surface area contributed by atoms with Crippen molar-refractivity contribution < 1.29 is 9.84 Å². The van der Waals surface area contributed by atoms with Crippen LogP contribution in [0.1, 0.15) is 39.5 Å². The molecule has 1 aliphatic rings. The molecule has 0 aromatic heterocycles. The van der Waals surface area contributed by atoms with Crippen LogP contribution < -0.4 is 0 Å². The van der Waals surface area contributed by atoms with Crippen LogP contribution in [-0.4, -0.2) is 24.4 Å². The Hall–Kier alpha value is -0.0800. The lowest BCUT2D eigenvalue weighted by atomic mass is 9.92. The number of aliphatic hydroxyl groups excluding tert-OH is 1. The second kappa shape index (κ2) is 5.61. The van der Waals surface area contributed by atoms with E-state index in [4.69, 9.17) is 4.74 Å². The van der Waals surface area contributed by atoms with Crippen LogP contribution in [-0.2, 0) is 4.74 Å². The highest BCUT2D eigenvalue weighted by molar-refractivity contribution is 4.81. The smallest absolute Gasteiger partial charge is 0.0568 e. The molecule has 0 spiro atoms. The normalized spacial score (nSPS) is 33.9. The van der Waals surface area contributed by atoms with Gasteiger partial charge in [0.2, 0.25) is 0 Å². The summed E-state index contributed by atoms with van der Waals surface area (Å²) < 4.78 is 5.29. The van der Waals surface area contributed by atoms with E-state index in [0.29, 0.717) is 5.92 Å². The van der Waals surface area contributed by atoms with Crippen molar-refractivity contribution in [1.29, 1.82) is 0 Å². The number of hydrogen-bond acceptors (Lipinski definition) is 2. The van der Waals surface area contributed by atoms with E-state index in [2.05, 4.69) is 6.92 Å². The summed E-state index contributed by atoms with van der Waals surface area (Å²) in [6.45, 7) is 5.91. The number of ether oxygens (including phenoxy) is 1. The van der Waals surface area contributed by atoms with Gasteiger partial charge >= 0.3 is 0 Å². The molecule has 1 fully saturated rings. The molecule has 1 saturated carbocycles. The Kier molecular flexibility index (Phi) is 4.74. The molecule has 78 valence electrons. The Bertz CT molecular complexity index is 136. The van der Waals surface area contributed by atoms with Crippen LogP contribution in [0.15, 0.2) is 0 Å². The van der Waals surface area contributed by atoms with E-state index in [1.807, 2.05) is 6.92 Å². The van der Waals surface area contributed by atoms with Gasteiger partial charge in [0, 0.05) is 13.2 Å². The first kappa shape index (κ1) is 11.0. The molecule has 2 nitrogen and oxygen atoms in total. The number of hydrogen-bond donors (Lipinski definition) is 1. The monoisotopic (exact) mass is 186 g/mol. The number of rotatable bonds is 5. The Labute approximate surface area is 81.3 Å². The van der Waals surface area contributed by atoms with Crippen LogP contribution in [0.4, 0.5) is 0 Å². The van der Waals surface area contributed by atoms with E-state index in [0.717, 1.165) is 32.0 Å². The van der Waals surface area contributed by atoms with E-state index >= 15 is 0 Å². The first-order valence-electron chi connectivity index (χ1n) is 5.51. The Morgan fingerprint density at radius 1 is 1.38 bits per heavy atom. The third-order valence-electron chi connectivity index (χ3n) is 3.25. The zero-order valence-electron chi connectivity index (χ0n) is 8.83. The summed E-state index contributed by atoms with van der Waals surface area (Å²) in [6.07, 6.45) is 4.53. The summed E-state index contributed by atoms with van der Waals surface area (Å²) in [6, 6.07) is 0. The highest BCUT2D eigenvalue weighted by Crippen LogP contribution is 2.34. The summed E-state index contributed by atoms with van der Waals surface area (Å²) in [5.74, 6) is 1.23. The fourth-order valence-corrected chi connectivity index (χ4v) is 2.22. The molecular formula is C11H22O2. The maximum absolute atomic E-state index is 9.54. The van der Waals surface area contributed by atoms with Crippen molar-refractivity contribution in [2.45, 2.75) is 45.6 Å².